The minimum absolute atomic E-state index is 0. The largest absolute Gasteiger partial charge is 0.316 e. The van der Waals surface area contributed by atoms with Gasteiger partial charge in [0.2, 0.25) is 10.0 Å². The number of piperidine rings is 1. The van der Waals surface area contributed by atoms with Crippen LogP contribution in [0, 0.1) is 5.92 Å². The highest BCUT2D eigenvalue weighted by Gasteiger charge is 2.27. The third-order valence-electron chi connectivity index (χ3n) is 3.28. The fraction of sp³-hybridized carbons (Fsp3) is 0.500. The van der Waals surface area contributed by atoms with Gasteiger partial charge in [-0.3, -0.25) is 0 Å². The van der Waals surface area contributed by atoms with E-state index in [1.807, 2.05) is 6.92 Å². The molecule has 20 heavy (non-hydrogen) atoms. The van der Waals surface area contributed by atoms with Crippen LogP contribution in [0.4, 0.5) is 0 Å². The lowest BCUT2D eigenvalue weighted by Crippen LogP contribution is -2.48. The smallest absolute Gasteiger partial charge is 0.242 e. The van der Waals surface area contributed by atoms with Gasteiger partial charge in [0.05, 0.1) is 5.02 Å². The quantitative estimate of drug-likeness (QED) is 0.872. The second-order valence-electron chi connectivity index (χ2n) is 4.77. The Morgan fingerprint density at radius 3 is 2.65 bits per heavy atom. The molecular weight excluding hydrogens is 343 g/mol. The summed E-state index contributed by atoms with van der Waals surface area (Å²) in [6.07, 6.45) is 0.769. The number of rotatable bonds is 3. The Morgan fingerprint density at radius 1 is 1.35 bits per heavy atom. The molecule has 2 atom stereocenters. The van der Waals surface area contributed by atoms with Gasteiger partial charge in [-0.05, 0) is 43.6 Å². The molecule has 0 amide bonds. The number of nitrogens with one attached hydrogen (secondary N) is 2. The summed E-state index contributed by atoms with van der Waals surface area (Å²) in [6.45, 7) is 3.64. The second kappa shape index (κ2) is 7.29. The van der Waals surface area contributed by atoms with Gasteiger partial charge in [0.15, 0.2) is 0 Å². The third-order valence-corrected chi connectivity index (χ3v) is 5.48. The zero-order chi connectivity index (χ0) is 14.0. The molecule has 1 aliphatic heterocycles. The lowest BCUT2D eigenvalue weighted by molar-refractivity contribution is 0.328. The van der Waals surface area contributed by atoms with Gasteiger partial charge < -0.3 is 5.32 Å². The van der Waals surface area contributed by atoms with E-state index in [1.54, 1.807) is 0 Å². The van der Waals surface area contributed by atoms with Crippen LogP contribution < -0.4 is 10.0 Å². The second-order valence-corrected chi connectivity index (χ2v) is 7.30. The Balaban J connectivity index is 0.00000200. The summed E-state index contributed by atoms with van der Waals surface area (Å²) in [4.78, 5) is 0.0734. The molecule has 2 N–H and O–H groups in total. The molecule has 1 fully saturated rings. The highest BCUT2D eigenvalue weighted by atomic mass is 35.5. The normalized spacial score (nSPS) is 23.1. The van der Waals surface area contributed by atoms with Gasteiger partial charge in [-0.1, -0.05) is 30.1 Å². The van der Waals surface area contributed by atoms with E-state index < -0.39 is 10.0 Å². The van der Waals surface area contributed by atoms with Crippen LogP contribution in [-0.4, -0.2) is 27.5 Å². The Morgan fingerprint density at radius 2 is 2.05 bits per heavy atom. The summed E-state index contributed by atoms with van der Waals surface area (Å²) in [5.74, 6) is 0.245. The van der Waals surface area contributed by atoms with Gasteiger partial charge in [-0.25, -0.2) is 13.1 Å². The summed E-state index contributed by atoms with van der Waals surface area (Å²) in [7, 11) is -3.61. The summed E-state index contributed by atoms with van der Waals surface area (Å²) in [5.41, 5.74) is 0. The molecule has 1 aliphatic rings. The standard InChI is InChI=1S/C12H16Cl2N2O2S.ClH/c1-8-7-15-5-4-11(8)16-19(17,18)12-3-2-9(13)6-10(12)14;/h2-3,6,8,11,15-16H,4-5,7H2,1H3;1H. The predicted molar refractivity (Wildman–Crippen MR) is 84.5 cm³/mol. The summed E-state index contributed by atoms with van der Waals surface area (Å²) >= 11 is 11.7. The molecule has 1 saturated heterocycles. The van der Waals surface area contributed by atoms with Gasteiger partial charge >= 0.3 is 0 Å². The van der Waals surface area contributed by atoms with Crippen LogP contribution in [0.1, 0.15) is 13.3 Å². The van der Waals surface area contributed by atoms with Crippen molar-refractivity contribution in [1.29, 1.82) is 0 Å². The van der Waals surface area contributed by atoms with Crippen LogP contribution in [-0.2, 0) is 10.0 Å². The molecule has 2 rings (SSSR count). The molecule has 0 saturated carbocycles. The molecule has 2 unspecified atom stereocenters. The Labute approximate surface area is 135 Å². The van der Waals surface area contributed by atoms with E-state index in [2.05, 4.69) is 10.0 Å². The van der Waals surface area contributed by atoms with Crippen molar-refractivity contribution in [1.82, 2.24) is 10.0 Å². The van der Waals surface area contributed by atoms with E-state index >= 15 is 0 Å². The first-order valence-electron chi connectivity index (χ1n) is 6.08. The van der Waals surface area contributed by atoms with Crippen molar-refractivity contribution in [2.45, 2.75) is 24.3 Å². The van der Waals surface area contributed by atoms with E-state index in [4.69, 9.17) is 23.2 Å². The van der Waals surface area contributed by atoms with E-state index in [9.17, 15) is 8.42 Å². The highest BCUT2D eigenvalue weighted by Crippen LogP contribution is 2.25. The van der Waals surface area contributed by atoms with Gasteiger partial charge in [-0.2, -0.15) is 0 Å². The van der Waals surface area contributed by atoms with E-state index in [1.165, 1.54) is 18.2 Å². The molecule has 0 spiro atoms. The molecule has 8 heteroatoms. The molecule has 4 nitrogen and oxygen atoms in total. The summed E-state index contributed by atoms with van der Waals surface area (Å²) in [5, 5.41) is 3.79. The maximum atomic E-state index is 12.3. The van der Waals surface area contributed by atoms with Gasteiger partial charge in [0.25, 0.3) is 0 Å². The van der Waals surface area contributed by atoms with E-state index in [0.29, 0.717) is 5.02 Å². The molecule has 0 aromatic heterocycles. The van der Waals surface area contributed by atoms with Crippen LogP contribution in [0.15, 0.2) is 23.1 Å². The average Bonchev–Trinajstić information content (AvgIpc) is 2.31. The molecule has 1 heterocycles. The van der Waals surface area contributed by atoms with Gasteiger partial charge in [0, 0.05) is 11.1 Å². The van der Waals surface area contributed by atoms with Crippen LogP contribution in [0.2, 0.25) is 10.0 Å². The zero-order valence-electron chi connectivity index (χ0n) is 10.9. The maximum absolute atomic E-state index is 12.3. The SMILES string of the molecule is CC1CNCCC1NS(=O)(=O)c1ccc(Cl)cc1Cl.Cl. The maximum Gasteiger partial charge on any atom is 0.242 e. The Kier molecular flexibility index (Phi) is 6.57. The average molecular weight is 360 g/mol. The highest BCUT2D eigenvalue weighted by molar-refractivity contribution is 7.89. The van der Waals surface area contributed by atoms with Crippen LogP contribution >= 0.6 is 35.6 Å². The first-order chi connectivity index (χ1) is 8.90. The number of hydrogen-bond donors (Lipinski definition) is 2. The van der Waals surface area contributed by atoms with Crippen LogP contribution in [0.25, 0.3) is 0 Å². The van der Waals surface area contributed by atoms with Gasteiger partial charge in [-0.15, -0.1) is 12.4 Å². The number of sulfonamides is 1. The number of halogens is 3. The predicted octanol–water partition coefficient (Wildman–Crippen LogP) is 2.69. The molecule has 0 aliphatic carbocycles. The lowest BCUT2D eigenvalue weighted by Gasteiger charge is -2.30. The van der Waals surface area contributed by atoms with Crippen molar-refractivity contribution in [2.24, 2.45) is 5.92 Å². The molecule has 0 radical (unpaired) electrons. The van der Waals surface area contributed by atoms with Crippen molar-refractivity contribution < 1.29 is 8.42 Å². The third kappa shape index (κ3) is 4.23. The number of hydrogen-bond acceptors (Lipinski definition) is 3. The minimum atomic E-state index is -3.61. The van der Waals surface area contributed by atoms with E-state index in [0.717, 1.165) is 19.5 Å². The summed E-state index contributed by atoms with van der Waals surface area (Å²) < 4.78 is 27.4. The van der Waals surface area contributed by atoms with Crippen LogP contribution in [0.3, 0.4) is 0 Å². The van der Waals surface area contributed by atoms with Crippen molar-refractivity contribution in [3.8, 4) is 0 Å². The van der Waals surface area contributed by atoms with E-state index in [-0.39, 0.29) is 34.3 Å². The molecule has 1 aromatic carbocycles. The zero-order valence-corrected chi connectivity index (χ0v) is 14.0. The lowest BCUT2D eigenvalue weighted by atomic mass is 9.97. The van der Waals surface area contributed by atoms with Crippen LogP contribution in [0.5, 0.6) is 0 Å². The first kappa shape index (κ1) is 18.0. The molecule has 0 bridgehead atoms. The van der Waals surface area contributed by atoms with Crippen molar-refractivity contribution in [3.63, 3.8) is 0 Å². The van der Waals surface area contributed by atoms with Crippen molar-refractivity contribution in [2.75, 3.05) is 13.1 Å². The molecule has 1 aromatic rings. The Bertz CT molecular complexity index is 566. The minimum Gasteiger partial charge on any atom is -0.316 e. The van der Waals surface area contributed by atoms with Gasteiger partial charge in [0.1, 0.15) is 4.90 Å². The van der Waals surface area contributed by atoms with Crippen molar-refractivity contribution >= 4 is 45.6 Å². The summed E-state index contributed by atoms with van der Waals surface area (Å²) in [6, 6.07) is 4.31. The molecular formula is C12H17Cl3N2O2S. The fourth-order valence-electron chi connectivity index (χ4n) is 2.15. The topological polar surface area (TPSA) is 58.2 Å². The van der Waals surface area contributed by atoms with Crippen molar-refractivity contribution in [3.05, 3.63) is 28.2 Å². The fourth-order valence-corrected chi connectivity index (χ4v) is 4.30. The number of benzene rings is 1. The first-order valence-corrected chi connectivity index (χ1v) is 8.32. The monoisotopic (exact) mass is 358 g/mol. The molecule has 114 valence electrons. The Hall–Kier alpha value is -0.0400.